The first kappa shape index (κ1) is 25.9. The number of nitrogens with zero attached hydrogens (tertiary/aromatic N) is 5. The monoisotopic (exact) mass is 535 g/mol. The van der Waals surface area contributed by atoms with Crippen LogP contribution in [-0.2, 0) is 11.0 Å². The number of para-hydroxylation sites is 1. The Bertz CT molecular complexity index is 1550. The standard InChI is InChI=1S/C27H24F3N7O2/c1-3-36-25-20(15(2)35-37(25)18-10-5-4-6-11-18)21(16-8-7-9-17(31)14-16)22(26(36)39)34-24(38)23-32-13-12-19(33-23)27(28,29)30/h4-14,21-22H,3,31H2,1-2H3,(H,34,38)/t21-,22?/m1/s1. The molecule has 0 spiro atoms. The van der Waals surface area contributed by atoms with Gasteiger partial charge in [-0.2, -0.15) is 18.3 Å². The van der Waals surface area contributed by atoms with E-state index in [1.165, 1.54) is 4.90 Å². The molecule has 4 aromatic rings. The van der Waals surface area contributed by atoms with E-state index in [9.17, 15) is 22.8 Å². The Morgan fingerprint density at radius 1 is 1.10 bits per heavy atom. The van der Waals surface area contributed by atoms with Gasteiger partial charge in [-0.1, -0.05) is 30.3 Å². The van der Waals surface area contributed by atoms with Crippen LogP contribution in [0.4, 0.5) is 24.7 Å². The van der Waals surface area contributed by atoms with Crippen molar-refractivity contribution in [2.75, 3.05) is 17.2 Å². The number of hydrogen-bond acceptors (Lipinski definition) is 6. The minimum absolute atomic E-state index is 0.250. The van der Waals surface area contributed by atoms with Crippen LogP contribution in [0.1, 0.15) is 46.0 Å². The second-order valence-corrected chi connectivity index (χ2v) is 9.01. The normalized spacial score (nSPS) is 17.2. The molecule has 2 atom stereocenters. The van der Waals surface area contributed by atoms with Gasteiger partial charge >= 0.3 is 6.18 Å². The Balaban J connectivity index is 1.66. The fourth-order valence-electron chi connectivity index (χ4n) is 4.88. The molecule has 1 aliphatic rings. The summed E-state index contributed by atoms with van der Waals surface area (Å²) < 4.78 is 41.3. The lowest BCUT2D eigenvalue weighted by Crippen LogP contribution is -2.55. The lowest BCUT2D eigenvalue weighted by atomic mass is 9.81. The number of benzene rings is 2. The zero-order valence-corrected chi connectivity index (χ0v) is 21.0. The third-order valence-electron chi connectivity index (χ3n) is 6.54. The zero-order valence-electron chi connectivity index (χ0n) is 21.0. The number of rotatable bonds is 5. The Labute approximate surface area is 221 Å². The number of aromatic nitrogens is 4. The first-order chi connectivity index (χ1) is 18.6. The van der Waals surface area contributed by atoms with Crippen LogP contribution >= 0.6 is 0 Å². The second-order valence-electron chi connectivity index (χ2n) is 9.01. The molecule has 3 heterocycles. The smallest absolute Gasteiger partial charge is 0.399 e. The minimum atomic E-state index is -4.76. The second kappa shape index (κ2) is 9.86. The Morgan fingerprint density at radius 2 is 1.85 bits per heavy atom. The Kier molecular flexibility index (Phi) is 6.54. The fraction of sp³-hybridized carbons (Fsp3) is 0.222. The number of alkyl halides is 3. The highest BCUT2D eigenvalue weighted by Crippen LogP contribution is 2.43. The van der Waals surface area contributed by atoms with Crippen LogP contribution < -0.4 is 16.0 Å². The van der Waals surface area contributed by atoms with Gasteiger partial charge in [0.2, 0.25) is 5.82 Å². The average Bonchev–Trinajstić information content (AvgIpc) is 3.25. The molecule has 0 aliphatic carbocycles. The van der Waals surface area contributed by atoms with Gasteiger partial charge in [0.15, 0.2) is 0 Å². The molecule has 12 heteroatoms. The number of carbonyl (C=O) groups excluding carboxylic acids is 2. The van der Waals surface area contributed by atoms with Crippen LogP contribution in [0.15, 0.2) is 66.9 Å². The van der Waals surface area contributed by atoms with Gasteiger partial charge in [0.05, 0.1) is 11.4 Å². The van der Waals surface area contributed by atoms with Gasteiger partial charge in [-0.3, -0.25) is 14.5 Å². The number of carbonyl (C=O) groups is 2. The predicted molar refractivity (Wildman–Crippen MR) is 137 cm³/mol. The Morgan fingerprint density at radius 3 is 2.51 bits per heavy atom. The molecular weight excluding hydrogens is 511 g/mol. The fourth-order valence-corrected chi connectivity index (χ4v) is 4.88. The summed E-state index contributed by atoms with van der Waals surface area (Å²) in [5.41, 5.74) is 7.92. The number of likely N-dealkylation sites (N-methyl/N-ethyl adjacent to an activating group) is 1. The van der Waals surface area contributed by atoms with Crippen molar-refractivity contribution in [1.29, 1.82) is 0 Å². The maximum absolute atomic E-state index is 14.0. The molecule has 5 rings (SSSR count). The van der Waals surface area contributed by atoms with Crippen LogP contribution in [0, 0.1) is 6.92 Å². The number of nitrogens with one attached hydrogen (secondary N) is 1. The quantitative estimate of drug-likeness (QED) is 0.375. The molecular formula is C27H24F3N7O2. The summed E-state index contributed by atoms with van der Waals surface area (Å²) in [5, 5.41) is 7.35. The van der Waals surface area contributed by atoms with E-state index in [0.29, 0.717) is 34.4 Å². The summed E-state index contributed by atoms with van der Waals surface area (Å²) in [6.07, 6.45) is -3.91. The van der Waals surface area contributed by atoms with E-state index < -0.39 is 41.5 Å². The predicted octanol–water partition coefficient (Wildman–Crippen LogP) is 3.87. The SMILES string of the molecule is CCN1C(=O)C(NC(=O)c2nccc(C(F)(F)F)n2)[C@H](c2cccc(N)c2)c2c(C)nn(-c3ccccc3)c21. The minimum Gasteiger partial charge on any atom is -0.399 e. The van der Waals surface area contributed by atoms with E-state index in [0.717, 1.165) is 11.9 Å². The summed E-state index contributed by atoms with van der Waals surface area (Å²) in [7, 11) is 0. The van der Waals surface area contributed by atoms with Crippen molar-refractivity contribution in [2.24, 2.45) is 0 Å². The van der Waals surface area contributed by atoms with Crippen molar-refractivity contribution >= 4 is 23.3 Å². The van der Waals surface area contributed by atoms with Gasteiger partial charge in [0.25, 0.3) is 11.8 Å². The average molecular weight is 536 g/mol. The number of anilines is 2. The van der Waals surface area contributed by atoms with Crippen LogP contribution in [-0.4, -0.2) is 44.1 Å². The molecule has 2 aromatic carbocycles. The number of aryl methyl sites for hydroxylation is 1. The molecule has 3 N–H and O–H groups in total. The molecule has 200 valence electrons. The summed E-state index contributed by atoms with van der Waals surface area (Å²) >= 11 is 0. The van der Waals surface area contributed by atoms with E-state index in [1.807, 2.05) is 30.3 Å². The van der Waals surface area contributed by atoms with Crippen LogP contribution in [0.3, 0.4) is 0 Å². The Hall–Kier alpha value is -4.74. The lowest BCUT2D eigenvalue weighted by Gasteiger charge is -2.38. The highest BCUT2D eigenvalue weighted by Gasteiger charge is 2.46. The number of nitrogens with two attached hydrogens (primary N) is 1. The van der Waals surface area contributed by atoms with Crippen molar-refractivity contribution in [3.8, 4) is 5.69 Å². The molecule has 0 saturated carbocycles. The van der Waals surface area contributed by atoms with Crippen LogP contribution in [0.5, 0.6) is 0 Å². The van der Waals surface area contributed by atoms with Crippen molar-refractivity contribution in [3.05, 3.63) is 95.2 Å². The molecule has 39 heavy (non-hydrogen) atoms. The van der Waals surface area contributed by atoms with E-state index in [4.69, 9.17) is 10.8 Å². The van der Waals surface area contributed by atoms with Gasteiger partial charge in [0.1, 0.15) is 17.6 Å². The summed E-state index contributed by atoms with van der Waals surface area (Å²) in [4.78, 5) is 35.8. The number of fused-ring (bicyclic) bond motifs is 1. The number of nitrogen functional groups attached to an aromatic ring is 1. The third kappa shape index (κ3) is 4.69. The summed E-state index contributed by atoms with van der Waals surface area (Å²) in [5.74, 6) is -2.38. The lowest BCUT2D eigenvalue weighted by molar-refractivity contribution is -0.141. The van der Waals surface area contributed by atoms with E-state index in [2.05, 4.69) is 15.3 Å². The van der Waals surface area contributed by atoms with Crippen molar-refractivity contribution in [1.82, 2.24) is 25.1 Å². The largest absolute Gasteiger partial charge is 0.433 e. The van der Waals surface area contributed by atoms with Crippen molar-refractivity contribution in [2.45, 2.75) is 32.0 Å². The highest BCUT2D eigenvalue weighted by molar-refractivity contribution is 6.04. The van der Waals surface area contributed by atoms with Gasteiger partial charge in [-0.05, 0) is 49.7 Å². The topological polar surface area (TPSA) is 119 Å². The zero-order chi connectivity index (χ0) is 27.9. The highest BCUT2D eigenvalue weighted by atomic mass is 19.4. The van der Waals surface area contributed by atoms with Gasteiger partial charge in [0, 0.05) is 29.9 Å². The molecule has 2 aromatic heterocycles. The molecule has 0 saturated heterocycles. The van der Waals surface area contributed by atoms with E-state index in [1.54, 1.807) is 42.8 Å². The van der Waals surface area contributed by atoms with Crippen molar-refractivity contribution in [3.63, 3.8) is 0 Å². The molecule has 2 amide bonds. The number of halogens is 3. The maximum Gasteiger partial charge on any atom is 0.433 e. The van der Waals surface area contributed by atoms with Gasteiger partial charge in [-0.25, -0.2) is 14.6 Å². The molecule has 9 nitrogen and oxygen atoms in total. The molecule has 0 fully saturated rings. The van der Waals surface area contributed by atoms with Gasteiger partial charge < -0.3 is 11.1 Å². The first-order valence-electron chi connectivity index (χ1n) is 12.1. The summed E-state index contributed by atoms with van der Waals surface area (Å²) in [6, 6.07) is 15.7. The molecule has 0 radical (unpaired) electrons. The van der Waals surface area contributed by atoms with Crippen LogP contribution in [0.2, 0.25) is 0 Å². The number of hydrogen-bond donors (Lipinski definition) is 2. The number of amides is 2. The molecule has 0 bridgehead atoms. The molecule has 1 unspecified atom stereocenters. The maximum atomic E-state index is 14.0. The van der Waals surface area contributed by atoms with Crippen LogP contribution in [0.25, 0.3) is 5.69 Å². The van der Waals surface area contributed by atoms with E-state index >= 15 is 0 Å². The summed E-state index contributed by atoms with van der Waals surface area (Å²) in [6.45, 7) is 3.84. The third-order valence-corrected chi connectivity index (χ3v) is 6.54. The van der Waals surface area contributed by atoms with Gasteiger partial charge in [-0.15, -0.1) is 0 Å². The molecule has 1 aliphatic heterocycles. The first-order valence-corrected chi connectivity index (χ1v) is 12.1. The van der Waals surface area contributed by atoms with Crippen molar-refractivity contribution < 1.29 is 22.8 Å². The van der Waals surface area contributed by atoms with E-state index in [-0.39, 0.29) is 6.54 Å².